The molecule has 7 nitrogen and oxygen atoms in total. The van der Waals surface area contributed by atoms with Gasteiger partial charge in [-0.1, -0.05) is 25.2 Å². The second-order valence-corrected chi connectivity index (χ2v) is 14.2. The molecular weight excluding hydrogens is 558 g/mol. The second kappa shape index (κ2) is 11.6. The summed E-state index contributed by atoms with van der Waals surface area (Å²) in [5.41, 5.74) is 0.393. The minimum atomic E-state index is -0.765. The fourth-order valence-corrected chi connectivity index (χ4v) is 7.25. The van der Waals surface area contributed by atoms with E-state index < -0.39 is 28.1 Å². The molecule has 10 heteroatoms. The fourth-order valence-electron chi connectivity index (χ4n) is 6.44. The lowest BCUT2D eigenvalue weighted by Crippen LogP contribution is -2.62. The zero-order valence-corrected chi connectivity index (χ0v) is 25.4. The van der Waals surface area contributed by atoms with E-state index in [0.29, 0.717) is 25.6 Å². The first-order valence-corrected chi connectivity index (χ1v) is 15.3. The van der Waals surface area contributed by atoms with Gasteiger partial charge in [-0.3, -0.25) is 19.5 Å². The largest absolute Gasteiger partial charge is 0.390 e. The first-order chi connectivity index (χ1) is 19.7. The molecule has 1 aromatic carbocycles. The van der Waals surface area contributed by atoms with Crippen LogP contribution in [-0.4, -0.2) is 61.5 Å². The van der Waals surface area contributed by atoms with E-state index in [9.17, 15) is 23.5 Å². The molecule has 42 heavy (non-hydrogen) atoms. The van der Waals surface area contributed by atoms with Crippen molar-refractivity contribution in [3.63, 3.8) is 0 Å². The van der Waals surface area contributed by atoms with Crippen LogP contribution in [0.15, 0.2) is 36.5 Å². The number of ketones is 2. The van der Waals surface area contributed by atoms with Crippen molar-refractivity contribution in [1.82, 2.24) is 20.1 Å². The smallest absolute Gasteiger partial charge is 0.194 e. The first kappa shape index (κ1) is 30.5. The molecule has 0 radical (unpaired) electrons. The number of nitrogens with zero attached hydrogens (tertiary/aromatic N) is 4. The van der Waals surface area contributed by atoms with Gasteiger partial charge in [0.2, 0.25) is 0 Å². The van der Waals surface area contributed by atoms with Crippen LogP contribution in [0.25, 0.3) is 10.6 Å². The van der Waals surface area contributed by atoms with Crippen LogP contribution in [0.4, 0.5) is 8.78 Å². The number of hydrogen-bond donors (Lipinski definition) is 1. The van der Waals surface area contributed by atoms with Gasteiger partial charge in [-0.15, -0.1) is 10.2 Å². The van der Waals surface area contributed by atoms with Crippen molar-refractivity contribution in [3.05, 3.63) is 64.4 Å². The van der Waals surface area contributed by atoms with Gasteiger partial charge in [0.05, 0.1) is 5.60 Å². The average Bonchev–Trinajstić information content (AvgIpc) is 3.37. The van der Waals surface area contributed by atoms with Crippen LogP contribution in [0, 0.1) is 24.0 Å². The normalized spacial score (nSPS) is 22.5. The number of rotatable bonds is 10. The zero-order chi connectivity index (χ0) is 30.3. The molecule has 2 aromatic heterocycles. The predicted octanol–water partition coefficient (Wildman–Crippen LogP) is 6.08. The highest BCUT2D eigenvalue weighted by Crippen LogP contribution is 2.44. The molecule has 0 unspecified atom stereocenters. The molecule has 0 atom stereocenters. The maximum Gasteiger partial charge on any atom is 0.194 e. The van der Waals surface area contributed by atoms with Crippen molar-refractivity contribution in [1.29, 1.82) is 0 Å². The van der Waals surface area contributed by atoms with Crippen LogP contribution in [0.3, 0.4) is 0 Å². The number of hydrogen-bond acceptors (Lipinski definition) is 8. The van der Waals surface area contributed by atoms with E-state index in [1.54, 1.807) is 6.20 Å². The monoisotopic (exact) mass is 596 g/mol. The molecule has 2 aliphatic rings. The SMILES string of the molecule is Cc1ccnc(C(C)(C)CC(=O)CC2(CC(=O)c3nnc(-c4ccc(F)cc4F)s3)CN(C3CCC(C)(O)CC3)C2)c1. The Labute approximate surface area is 249 Å². The molecule has 1 aliphatic carbocycles. The summed E-state index contributed by atoms with van der Waals surface area (Å²) in [6.07, 6.45) is 5.65. The number of aliphatic hydroxyl groups is 1. The fraction of sp³-hybridized carbons (Fsp3) is 0.531. The molecule has 2 fully saturated rings. The van der Waals surface area contributed by atoms with Crippen LogP contribution in [-0.2, 0) is 10.2 Å². The van der Waals surface area contributed by atoms with E-state index in [1.807, 2.05) is 39.8 Å². The Morgan fingerprint density at radius 1 is 1.10 bits per heavy atom. The lowest BCUT2D eigenvalue weighted by atomic mass is 9.68. The van der Waals surface area contributed by atoms with E-state index in [-0.39, 0.29) is 40.0 Å². The Morgan fingerprint density at radius 3 is 2.48 bits per heavy atom. The molecule has 5 rings (SSSR count). The molecule has 0 bridgehead atoms. The van der Waals surface area contributed by atoms with E-state index in [4.69, 9.17) is 0 Å². The third-order valence-corrected chi connectivity index (χ3v) is 9.80. The minimum Gasteiger partial charge on any atom is -0.390 e. The summed E-state index contributed by atoms with van der Waals surface area (Å²) in [6.45, 7) is 9.13. The molecule has 1 aliphatic heterocycles. The topological polar surface area (TPSA) is 96.3 Å². The summed E-state index contributed by atoms with van der Waals surface area (Å²) in [6, 6.07) is 7.45. The number of benzene rings is 1. The molecule has 3 heterocycles. The summed E-state index contributed by atoms with van der Waals surface area (Å²) in [7, 11) is 0. The van der Waals surface area contributed by atoms with E-state index in [2.05, 4.69) is 20.1 Å². The standard InChI is InChI=1S/C32H38F2N4O3S/c1-20-9-12-35-27(13-20)30(2,3)15-23(39)16-32(18-38(19-32)22-7-10-31(4,41)11-8-22)17-26(40)29-37-36-28(42-29)24-6-5-21(33)14-25(24)34/h5-6,9,12-14,22,41H,7-8,10-11,15-19H2,1-4H3. The van der Waals surface area contributed by atoms with Crippen molar-refractivity contribution >= 4 is 22.9 Å². The number of carbonyl (C=O) groups is 2. The number of pyridine rings is 1. The lowest BCUT2D eigenvalue weighted by Gasteiger charge is -2.54. The number of likely N-dealkylation sites (tertiary alicyclic amines) is 1. The quantitative estimate of drug-likeness (QED) is 0.283. The minimum absolute atomic E-state index is 0.0775. The first-order valence-electron chi connectivity index (χ1n) is 14.5. The lowest BCUT2D eigenvalue weighted by molar-refractivity contribution is -0.128. The van der Waals surface area contributed by atoms with Gasteiger partial charge >= 0.3 is 0 Å². The Bertz CT molecular complexity index is 1470. The van der Waals surface area contributed by atoms with Gasteiger partial charge in [-0.2, -0.15) is 0 Å². The Balaban J connectivity index is 1.31. The maximum absolute atomic E-state index is 14.3. The van der Waals surface area contributed by atoms with Crippen LogP contribution in [0.1, 0.15) is 86.8 Å². The van der Waals surface area contributed by atoms with Crippen molar-refractivity contribution in [3.8, 4) is 10.6 Å². The van der Waals surface area contributed by atoms with Crippen LogP contribution >= 0.6 is 11.3 Å². The Hall–Kier alpha value is -2.95. The third kappa shape index (κ3) is 6.82. The number of Topliss-reactive ketones (excluding diaryl/α,β-unsaturated/α-hetero) is 2. The highest BCUT2D eigenvalue weighted by molar-refractivity contribution is 7.16. The van der Waals surface area contributed by atoms with Crippen LogP contribution < -0.4 is 0 Å². The van der Waals surface area contributed by atoms with Crippen molar-refractivity contribution in [2.75, 3.05) is 13.1 Å². The highest BCUT2D eigenvalue weighted by Gasteiger charge is 2.49. The van der Waals surface area contributed by atoms with E-state index in [0.717, 1.165) is 60.4 Å². The molecule has 1 saturated carbocycles. The predicted molar refractivity (Wildman–Crippen MR) is 157 cm³/mol. The maximum atomic E-state index is 14.3. The summed E-state index contributed by atoms with van der Waals surface area (Å²) in [5.74, 6) is -1.62. The number of aryl methyl sites for hydroxylation is 1. The molecule has 0 amide bonds. The van der Waals surface area contributed by atoms with Gasteiger partial charge in [0.25, 0.3) is 0 Å². The van der Waals surface area contributed by atoms with Crippen LogP contribution in [0.2, 0.25) is 0 Å². The summed E-state index contributed by atoms with van der Waals surface area (Å²) < 4.78 is 27.7. The van der Waals surface area contributed by atoms with Gasteiger partial charge < -0.3 is 5.11 Å². The summed E-state index contributed by atoms with van der Waals surface area (Å²) >= 11 is 0.977. The second-order valence-electron chi connectivity index (χ2n) is 13.3. The summed E-state index contributed by atoms with van der Waals surface area (Å²) in [4.78, 5) is 33.9. The van der Waals surface area contributed by atoms with Gasteiger partial charge in [-0.05, 0) is 69.4 Å². The number of carbonyl (C=O) groups excluding carboxylic acids is 2. The van der Waals surface area contributed by atoms with Crippen molar-refractivity contribution in [2.45, 2.75) is 89.7 Å². The van der Waals surface area contributed by atoms with Crippen molar-refractivity contribution in [2.24, 2.45) is 5.41 Å². The average molecular weight is 597 g/mol. The van der Waals surface area contributed by atoms with E-state index >= 15 is 0 Å². The molecule has 0 spiro atoms. The van der Waals surface area contributed by atoms with Gasteiger partial charge in [-0.25, -0.2) is 8.78 Å². The van der Waals surface area contributed by atoms with Gasteiger partial charge in [0, 0.05) is 72.7 Å². The van der Waals surface area contributed by atoms with Crippen molar-refractivity contribution < 1.29 is 23.5 Å². The highest BCUT2D eigenvalue weighted by atomic mass is 32.1. The number of aromatic nitrogens is 3. The number of halogens is 2. The molecule has 3 aromatic rings. The molecular formula is C32H38F2N4O3S. The third-order valence-electron chi connectivity index (χ3n) is 8.81. The van der Waals surface area contributed by atoms with Gasteiger partial charge in [0.15, 0.2) is 15.8 Å². The Morgan fingerprint density at radius 2 is 1.81 bits per heavy atom. The molecule has 1 saturated heterocycles. The molecule has 1 N–H and O–H groups in total. The summed E-state index contributed by atoms with van der Waals surface area (Å²) in [5, 5.41) is 18.8. The van der Waals surface area contributed by atoms with Crippen LogP contribution in [0.5, 0.6) is 0 Å². The molecule has 224 valence electrons. The van der Waals surface area contributed by atoms with E-state index in [1.165, 1.54) is 6.07 Å². The zero-order valence-electron chi connectivity index (χ0n) is 24.6. The van der Waals surface area contributed by atoms with Gasteiger partial charge in [0.1, 0.15) is 17.4 Å². The Kier molecular flexibility index (Phi) is 8.44.